The SMILES string of the molecule is COc1cccc2c1CC[C@H]2c1cc(-c2c3c(nc(CCc4ccc(F)cc4)c2-c2nnc(C)o2)[C@H](C(C)C)NC3=O)sc1C(N)=O. The number of aromatic nitrogens is 3. The van der Waals surface area contributed by atoms with Crippen molar-refractivity contribution in [3.8, 4) is 27.6 Å². The summed E-state index contributed by atoms with van der Waals surface area (Å²) in [7, 11) is 1.66. The summed E-state index contributed by atoms with van der Waals surface area (Å²) in [6.07, 6.45) is 2.60. The van der Waals surface area contributed by atoms with Crippen LogP contribution in [-0.2, 0) is 19.3 Å². The van der Waals surface area contributed by atoms with Gasteiger partial charge in [0.25, 0.3) is 11.8 Å². The topological polar surface area (TPSA) is 133 Å². The minimum Gasteiger partial charge on any atom is -0.496 e. The summed E-state index contributed by atoms with van der Waals surface area (Å²) in [6.45, 7) is 5.78. The number of hydrogen-bond acceptors (Lipinski definition) is 8. The number of aryl methyl sites for hydroxylation is 3. The van der Waals surface area contributed by atoms with Gasteiger partial charge in [-0.3, -0.25) is 14.6 Å². The number of benzene rings is 2. The second-order valence-corrected chi connectivity index (χ2v) is 13.4. The van der Waals surface area contributed by atoms with Crippen LogP contribution in [0.3, 0.4) is 0 Å². The quantitative estimate of drug-likeness (QED) is 0.181. The van der Waals surface area contributed by atoms with Crippen LogP contribution in [0.2, 0.25) is 0 Å². The number of rotatable bonds is 9. The molecule has 11 heteroatoms. The molecule has 0 fully saturated rings. The number of amides is 2. The summed E-state index contributed by atoms with van der Waals surface area (Å²) in [5, 5.41) is 11.6. The van der Waals surface area contributed by atoms with Crippen molar-refractivity contribution in [3.05, 3.63) is 104 Å². The molecule has 0 saturated heterocycles. The first kappa shape index (κ1) is 30.7. The maximum absolute atomic E-state index is 13.8. The molecule has 0 spiro atoms. The molecule has 0 radical (unpaired) electrons. The Kier molecular flexibility index (Phi) is 7.87. The molecule has 9 nitrogen and oxygen atoms in total. The van der Waals surface area contributed by atoms with E-state index in [2.05, 4.69) is 21.6 Å². The Hall–Kier alpha value is -4.90. The predicted octanol–water partition coefficient (Wildman–Crippen LogP) is 6.72. The first-order valence-electron chi connectivity index (χ1n) is 15.7. The number of methoxy groups -OCH3 is 1. The van der Waals surface area contributed by atoms with E-state index in [1.165, 1.54) is 23.5 Å². The molecule has 0 unspecified atom stereocenters. The van der Waals surface area contributed by atoms with Gasteiger partial charge in [0, 0.05) is 23.3 Å². The Labute approximate surface area is 275 Å². The van der Waals surface area contributed by atoms with Crippen LogP contribution in [0.25, 0.3) is 21.9 Å². The van der Waals surface area contributed by atoms with Crippen LogP contribution < -0.4 is 15.8 Å². The van der Waals surface area contributed by atoms with Gasteiger partial charge in [0.1, 0.15) is 11.6 Å². The third kappa shape index (κ3) is 5.38. The normalized spacial score (nSPS) is 16.8. The maximum atomic E-state index is 13.8. The Morgan fingerprint density at radius 3 is 2.57 bits per heavy atom. The molecule has 5 aromatic rings. The number of carbonyl (C=O) groups excluding carboxylic acids is 2. The van der Waals surface area contributed by atoms with Crippen molar-refractivity contribution in [1.29, 1.82) is 0 Å². The van der Waals surface area contributed by atoms with Crippen molar-refractivity contribution in [2.24, 2.45) is 11.7 Å². The molecule has 2 atom stereocenters. The maximum Gasteiger partial charge on any atom is 0.259 e. The zero-order valence-corrected chi connectivity index (χ0v) is 27.3. The van der Waals surface area contributed by atoms with Crippen LogP contribution in [-0.4, -0.2) is 34.1 Å². The number of halogens is 1. The highest BCUT2D eigenvalue weighted by molar-refractivity contribution is 7.17. The van der Waals surface area contributed by atoms with Crippen molar-refractivity contribution in [1.82, 2.24) is 20.5 Å². The summed E-state index contributed by atoms with van der Waals surface area (Å²) in [6, 6.07) is 14.0. The van der Waals surface area contributed by atoms with Gasteiger partial charge in [-0.25, -0.2) is 4.39 Å². The van der Waals surface area contributed by atoms with Gasteiger partial charge >= 0.3 is 0 Å². The van der Waals surface area contributed by atoms with E-state index in [0.29, 0.717) is 56.6 Å². The molecule has 1 aliphatic carbocycles. The lowest BCUT2D eigenvalue weighted by Gasteiger charge is -2.18. The fourth-order valence-corrected chi connectivity index (χ4v) is 8.09. The first-order valence-corrected chi connectivity index (χ1v) is 16.5. The molecular formula is C36H34FN5O4S. The molecule has 7 rings (SSSR count). The number of nitrogens with zero attached hydrogens (tertiary/aromatic N) is 3. The molecule has 0 saturated carbocycles. The third-order valence-corrected chi connectivity index (χ3v) is 10.3. The summed E-state index contributed by atoms with van der Waals surface area (Å²) in [5.41, 5.74) is 12.9. The fraction of sp³-hybridized carbons (Fsp3) is 0.306. The molecule has 2 amide bonds. The van der Waals surface area contributed by atoms with Crippen LogP contribution in [0.4, 0.5) is 4.39 Å². The number of hydrogen-bond donors (Lipinski definition) is 2. The zero-order valence-electron chi connectivity index (χ0n) is 26.5. The van der Waals surface area contributed by atoms with Crippen molar-refractivity contribution in [3.63, 3.8) is 0 Å². The third-order valence-electron chi connectivity index (χ3n) is 9.13. The van der Waals surface area contributed by atoms with Crippen LogP contribution in [0, 0.1) is 18.7 Å². The summed E-state index contributed by atoms with van der Waals surface area (Å²) in [4.78, 5) is 33.1. The Morgan fingerprint density at radius 2 is 1.89 bits per heavy atom. The largest absolute Gasteiger partial charge is 0.496 e. The lowest BCUT2D eigenvalue weighted by molar-refractivity contribution is 0.0948. The van der Waals surface area contributed by atoms with E-state index in [9.17, 15) is 14.0 Å². The number of nitrogens with one attached hydrogen (secondary N) is 1. The Morgan fingerprint density at radius 1 is 1.11 bits per heavy atom. The zero-order chi connectivity index (χ0) is 33.0. The summed E-state index contributed by atoms with van der Waals surface area (Å²) < 4.78 is 25.4. The van der Waals surface area contributed by atoms with Crippen molar-refractivity contribution >= 4 is 23.2 Å². The average molecular weight is 652 g/mol. The minimum atomic E-state index is -0.533. The van der Waals surface area contributed by atoms with Gasteiger partial charge in [-0.2, -0.15) is 0 Å². The highest BCUT2D eigenvalue weighted by atomic mass is 32.1. The predicted molar refractivity (Wildman–Crippen MR) is 176 cm³/mol. The van der Waals surface area contributed by atoms with Gasteiger partial charge in [-0.15, -0.1) is 21.5 Å². The number of primary amides is 1. The number of pyridine rings is 1. The molecule has 4 heterocycles. The lowest BCUT2D eigenvalue weighted by atomic mass is 9.89. The van der Waals surface area contributed by atoms with Crippen molar-refractivity contribution in [2.75, 3.05) is 7.11 Å². The molecule has 2 aliphatic rings. The smallest absolute Gasteiger partial charge is 0.259 e. The van der Waals surface area contributed by atoms with E-state index >= 15 is 0 Å². The van der Waals surface area contributed by atoms with Crippen molar-refractivity contribution in [2.45, 2.75) is 58.4 Å². The van der Waals surface area contributed by atoms with Crippen molar-refractivity contribution < 1.29 is 23.1 Å². The van der Waals surface area contributed by atoms with Gasteiger partial charge in [-0.1, -0.05) is 38.1 Å². The number of thiophene rings is 1. The fourth-order valence-electron chi connectivity index (χ4n) is 6.96. The monoisotopic (exact) mass is 651 g/mol. The molecule has 2 aromatic carbocycles. The van der Waals surface area contributed by atoms with Crippen LogP contribution in [0.5, 0.6) is 5.75 Å². The molecular weight excluding hydrogens is 617 g/mol. The number of carbonyl (C=O) groups is 2. The van der Waals surface area contributed by atoms with Gasteiger partial charge in [-0.05, 0) is 78.1 Å². The van der Waals surface area contributed by atoms with E-state index in [4.69, 9.17) is 19.9 Å². The highest BCUT2D eigenvalue weighted by Crippen LogP contribution is 2.50. The van der Waals surface area contributed by atoms with Gasteiger partial charge in [0.05, 0.1) is 40.5 Å². The van der Waals surface area contributed by atoms with Crippen LogP contribution >= 0.6 is 11.3 Å². The van der Waals surface area contributed by atoms with E-state index < -0.39 is 5.91 Å². The Bertz CT molecular complexity index is 2030. The molecule has 1 aliphatic heterocycles. The number of fused-ring (bicyclic) bond motifs is 2. The number of ether oxygens (including phenoxy) is 1. The van der Waals surface area contributed by atoms with Gasteiger partial charge < -0.3 is 20.2 Å². The Balaban J connectivity index is 1.46. The first-order chi connectivity index (χ1) is 22.6. The van der Waals surface area contributed by atoms with E-state index in [-0.39, 0.29) is 35.5 Å². The second-order valence-electron chi connectivity index (χ2n) is 12.4. The van der Waals surface area contributed by atoms with E-state index in [1.54, 1.807) is 26.2 Å². The minimum absolute atomic E-state index is 0.0621. The standard InChI is InChI=1S/C36H34FN5O4S/c1-17(2)31-32-30(35(44)40-31)29(28(36-42-41-18(3)46-36)25(39-32)15-10-19-8-11-20(37)12-9-19)27-16-24(33(47-27)34(38)43)22-13-14-23-21(22)6-5-7-26(23)45-4/h5-9,11-12,16-17,22,31H,10,13-15H2,1-4H3,(H2,38,43)(H,40,44)/t22-,31+/m1/s1. The van der Waals surface area contributed by atoms with Crippen LogP contribution in [0.15, 0.2) is 52.9 Å². The molecule has 240 valence electrons. The summed E-state index contributed by atoms with van der Waals surface area (Å²) >= 11 is 1.27. The average Bonchev–Trinajstić information content (AvgIpc) is 3.85. The molecule has 3 aromatic heterocycles. The lowest BCUT2D eigenvalue weighted by Crippen LogP contribution is -2.23. The second kappa shape index (κ2) is 12.0. The summed E-state index contributed by atoms with van der Waals surface area (Å²) in [5.74, 6) is 0.309. The van der Waals surface area contributed by atoms with E-state index in [1.807, 2.05) is 32.0 Å². The highest BCUT2D eigenvalue weighted by Gasteiger charge is 2.40. The van der Waals surface area contributed by atoms with E-state index in [0.717, 1.165) is 40.8 Å². The van der Waals surface area contributed by atoms with Crippen LogP contribution in [0.1, 0.15) is 91.8 Å². The van der Waals surface area contributed by atoms with Gasteiger partial charge in [0.15, 0.2) is 0 Å². The number of nitrogens with two attached hydrogens (primary N) is 1. The molecule has 3 N–H and O–H groups in total. The molecule has 47 heavy (non-hydrogen) atoms. The molecule has 0 bridgehead atoms. The van der Waals surface area contributed by atoms with Gasteiger partial charge in [0.2, 0.25) is 11.8 Å².